The molecule has 0 aliphatic carbocycles. The van der Waals surface area contributed by atoms with Crippen molar-refractivity contribution in [3.8, 4) is 11.5 Å². The zero-order chi connectivity index (χ0) is 13.1. The molecule has 2 aromatic carbocycles. The first kappa shape index (κ1) is 14.0. The van der Waals surface area contributed by atoms with E-state index in [1.807, 2.05) is 18.2 Å². The first-order valence-corrected chi connectivity index (χ1v) is 7.78. The topological polar surface area (TPSA) is 9.23 Å². The Labute approximate surface area is 130 Å². The Morgan fingerprint density at radius 3 is 2.50 bits per heavy atom. The fraction of sp³-hybridized carbons (Fsp3) is 0.0769. The van der Waals surface area contributed by atoms with E-state index in [1.165, 1.54) is 6.07 Å². The number of alkyl halides is 1. The molecule has 1 nitrogen and oxygen atoms in total. The van der Waals surface area contributed by atoms with Gasteiger partial charge in [0, 0.05) is 21.4 Å². The molecule has 94 valence electrons. The summed E-state index contributed by atoms with van der Waals surface area (Å²) in [6.07, 6.45) is 0. The summed E-state index contributed by atoms with van der Waals surface area (Å²) in [7, 11) is 0. The van der Waals surface area contributed by atoms with Gasteiger partial charge in [-0.15, -0.1) is 0 Å². The van der Waals surface area contributed by atoms with Crippen LogP contribution in [0.5, 0.6) is 11.5 Å². The summed E-state index contributed by atoms with van der Waals surface area (Å²) >= 11 is 9.89. The van der Waals surface area contributed by atoms with Crippen LogP contribution >= 0.6 is 47.8 Å². The van der Waals surface area contributed by atoms with Crippen molar-refractivity contribution >= 4 is 47.8 Å². The van der Waals surface area contributed by atoms with Crippen molar-refractivity contribution in [1.29, 1.82) is 0 Å². The number of hydrogen-bond acceptors (Lipinski definition) is 1. The molecule has 0 aliphatic heterocycles. The van der Waals surface area contributed by atoms with Crippen molar-refractivity contribution in [2.45, 2.75) is 5.33 Å². The molecule has 0 bridgehead atoms. The molecule has 0 atom stereocenters. The Hall–Kier alpha value is -0.390. The van der Waals surface area contributed by atoms with E-state index in [2.05, 4.69) is 47.8 Å². The lowest BCUT2D eigenvalue weighted by Crippen LogP contribution is -1.90. The van der Waals surface area contributed by atoms with Crippen molar-refractivity contribution < 1.29 is 9.13 Å². The quantitative estimate of drug-likeness (QED) is 0.531. The summed E-state index contributed by atoms with van der Waals surface area (Å²) in [5.41, 5.74) is 1.00. The highest BCUT2D eigenvalue weighted by molar-refractivity contribution is 9.10. The van der Waals surface area contributed by atoms with E-state index < -0.39 is 0 Å². The Morgan fingerprint density at radius 1 is 1.06 bits per heavy atom. The summed E-state index contributed by atoms with van der Waals surface area (Å²) < 4.78 is 20.4. The van der Waals surface area contributed by atoms with Crippen LogP contribution in [-0.4, -0.2) is 0 Å². The highest BCUT2D eigenvalue weighted by Crippen LogP contribution is 2.31. The van der Waals surface area contributed by atoms with Crippen LogP contribution in [0, 0.1) is 5.82 Å². The zero-order valence-electron chi connectivity index (χ0n) is 9.09. The van der Waals surface area contributed by atoms with Crippen LogP contribution in [0.1, 0.15) is 5.56 Å². The normalized spacial score (nSPS) is 10.4. The highest BCUT2D eigenvalue weighted by Gasteiger charge is 2.07. The Bertz CT molecular complexity index is 572. The average Bonchev–Trinajstić information content (AvgIpc) is 2.34. The van der Waals surface area contributed by atoms with Crippen LogP contribution in [-0.2, 0) is 5.33 Å². The average molecular weight is 439 g/mol. The van der Waals surface area contributed by atoms with E-state index in [-0.39, 0.29) is 5.82 Å². The van der Waals surface area contributed by atoms with Crippen molar-refractivity contribution in [3.63, 3.8) is 0 Å². The molecule has 0 N–H and O–H groups in total. The molecule has 18 heavy (non-hydrogen) atoms. The summed E-state index contributed by atoms with van der Waals surface area (Å²) in [6, 6.07) is 10.4. The third-order valence-electron chi connectivity index (χ3n) is 2.29. The SMILES string of the molecule is Fc1cc(Oc2cc(Br)ccc2CBr)ccc1Br. The molecule has 0 heterocycles. The number of benzene rings is 2. The fourth-order valence-corrected chi connectivity index (χ4v) is 2.45. The number of rotatable bonds is 3. The van der Waals surface area contributed by atoms with Gasteiger partial charge in [-0.3, -0.25) is 0 Å². The molecular weight excluding hydrogens is 431 g/mol. The Balaban J connectivity index is 2.33. The maximum atomic E-state index is 13.4. The Morgan fingerprint density at radius 2 is 1.83 bits per heavy atom. The monoisotopic (exact) mass is 436 g/mol. The minimum Gasteiger partial charge on any atom is -0.457 e. The second-order valence-corrected chi connectivity index (χ2v) is 5.89. The molecule has 0 amide bonds. The molecule has 0 fully saturated rings. The largest absolute Gasteiger partial charge is 0.457 e. The molecule has 0 unspecified atom stereocenters. The van der Waals surface area contributed by atoms with Crippen LogP contribution in [0.25, 0.3) is 0 Å². The predicted octanol–water partition coefficient (Wildman–Crippen LogP) is 6.04. The van der Waals surface area contributed by atoms with E-state index in [9.17, 15) is 4.39 Å². The molecule has 0 aromatic heterocycles. The van der Waals surface area contributed by atoms with Crippen molar-refractivity contribution in [2.24, 2.45) is 0 Å². The lowest BCUT2D eigenvalue weighted by molar-refractivity contribution is 0.472. The molecule has 0 radical (unpaired) electrons. The predicted molar refractivity (Wildman–Crippen MR) is 80.9 cm³/mol. The summed E-state index contributed by atoms with van der Waals surface area (Å²) in [6.45, 7) is 0. The highest BCUT2D eigenvalue weighted by atomic mass is 79.9. The van der Waals surface area contributed by atoms with Gasteiger partial charge in [-0.05, 0) is 40.2 Å². The second-order valence-electron chi connectivity index (χ2n) is 3.56. The molecule has 0 saturated carbocycles. The smallest absolute Gasteiger partial charge is 0.141 e. The van der Waals surface area contributed by atoms with E-state index in [4.69, 9.17) is 4.74 Å². The molecule has 2 aromatic rings. The van der Waals surface area contributed by atoms with Gasteiger partial charge in [0.15, 0.2) is 0 Å². The fourth-order valence-electron chi connectivity index (χ4n) is 1.40. The third-order valence-corrected chi connectivity index (χ3v) is 4.03. The molecule has 5 heteroatoms. The van der Waals surface area contributed by atoms with Crippen molar-refractivity contribution in [3.05, 3.63) is 56.7 Å². The number of hydrogen-bond donors (Lipinski definition) is 0. The Kier molecular flexibility index (Phi) is 4.81. The maximum Gasteiger partial charge on any atom is 0.141 e. The van der Waals surface area contributed by atoms with Crippen LogP contribution < -0.4 is 4.74 Å². The molecule has 0 spiro atoms. The van der Waals surface area contributed by atoms with Gasteiger partial charge in [-0.25, -0.2) is 4.39 Å². The van der Waals surface area contributed by atoms with Gasteiger partial charge in [0.2, 0.25) is 0 Å². The molecule has 0 aliphatic rings. The van der Waals surface area contributed by atoms with Crippen LogP contribution in [0.2, 0.25) is 0 Å². The van der Waals surface area contributed by atoms with Crippen molar-refractivity contribution in [1.82, 2.24) is 0 Å². The maximum absolute atomic E-state index is 13.4. The van der Waals surface area contributed by atoms with Crippen molar-refractivity contribution in [2.75, 3.05) is 0 Å². The molecule has 2 rings (SSSR count). The minimum absolute atomic E-state index is 0.345. The van der Waals surface area contributed by atoms with Gasteiger partial charge >= 0.3 is 0 Å². The molecular formula is C13H8Br3FO. The number of halogens is 4. The summed E-state index contributed by atoms with van der Waals surface area (Å²) in [4.78, 5) is 0. The molecule has 0 saturated heterocycles. The van der Waals surface area contributed by atoms with E-state index in [0.29, 0.717) is 21.3 Å². The first-order chi connectivity index (χ1) is 8.60. The minimum atomic E-state index is -0.345. The summed E-state index contributed by atoms with van der Waals surface area (Å²) in [5, 5.41) is 0.675. The van der Waals surface area contributed by atoms with Crippen LogP contribution in [0.15, 0.2) is 45.3 Å². The van der Waals surface area contributed by atoms with Gasteiger partial charge in [0.1, 0.15) is 17.3 Å². The lowest BCUT2D eigenvalue weighted by atomic mass is 10.2. The summed E-state index contributed by atoms with van der Waals surface area (Å²) in [5.74, 6) is 0.821. The van der Waals surface area contributed by atoms with Gasteiger partial charge in [-0.1, -0.05) is 37.9 Å². The van der Waals surface area contributed by atoms with Gasteiger partial charge in [-0.2, -0.15) is 0 Å². The number of ether oxygens (including phenoxy) is 1. The van der Waals surface area contributed by atoms with Crippen LogP contribution in [0.3, 0.4) is 0 Å². The first-order valence-electron chi connectivity index (χ1n) is 5.07. The van der Waals surface area contributed by atoms with Gasteiger partial charge in [0.25, 0.3) is 0 Å². The standard InChI is InChI=1S/C13H8Br3FO/c14-7-8-1-2-9(15)5-13(8)18-10-3-4-11(16)12(17)6-10/h1-6H,7H2. The van der Waals surface area contributed by atoms with E-state index >= 15 is 0 Å². The second kappa shape index (κ2) is 6.17. The third kappa shape index (κ3) is 3.33. The van der Waals surface area contributed by atoms with E-state index in [1.54, 1.807) is 12.1 Å². The van der Waals surface area contributed by atoms with Gasteiger partial charge < -0.3 is 4.74 Å². The van der Waals surface area contributed by atoms with Crippen LogP contribution in [0.4, 0.5) is 4.39 Å². The van der Waals surface area contributed by atoms with E-state index in [0.717, 1.165) is 10.0 Å². The van der Waals surface area contributed by atoms with Gasteiger partial charge in [0.05, 0.1) is 4.47 Å². The zero-order valence-corrected chi connectivity index (χ0v) is 13.8. The lowest BCUT2D eigenvalue weighted by Gasteiger charge is -2.10.